The van der Waals surface area contributed by atoms with Crippen molar-refractivity contribution in [1.29, 1.82) is 0 Å². The molecule has 0 aliphatic rings. The minimum absolute atomic E-state index is 0.0507. The Balaban J connectivity index is 2.45. The molecule has 19 heavy (non-hydrogen) atoms. The second kappa shape index (κ2) is 5.26. The SMILES string of the molecule is Cc1cccc(-c2nc(CC(C)C)c(C(=O)O)o2)c1. The molecule has 0 spiro atoms. The Kier molecular flexibility index (Phi) is 3.69. The van der Waals surface area contributed by atoms with Crippen LogP contribution < -0.4 is 0 Å². The van der Waals surface area contributed by atoms with Crippen LogP contribution in [0.4, 0.5) is 0 Å². The van der Waals surface area contributed by atoms with Gasteiger partial charge >= 0.3 is 5.97 Å². The molecule has 4 nitrogen and oxygen atoms in total. The lowest BCUT2D eigenvalue weighted by molar-refractivity contribution is 0.0661. The molecule has 0 saturated heterocycles. The number of aryl methyl sites for hydroxylation is 1. The first-order valence-electron chi connectivity index (χ1n) is 6.27. The van der Waals surface area contributed by atoms with Crippen molar-refractivity contribution in [3.8, 4) is 11.5 Å². The number of nitrogens with zero attached hydrogens (tertiary/aromatic N) is 1. The fourth-order valence-corrected chi connectivity index (χ4v) is 1.95. The molecule has 0 atom stereocenters. The maximum absolute atomic E-state index is 11.2. The van der Waals surface area contributed by atoms with Gasteiger partial charge in [-0.15, -0.1) is 0 Å². The summed E-state index contributed by atoms with van der Waals surface area (Å²) in [5, 5.41) is 9.16. The average Bonchev–Trinajstić information content (AvgIpc) is 2.72. The molecule has 0 bridgehead atoms. The number of rotatable bonds is 4. The summed E-state index contributed by atoms with van der Waals surface area (Å²) < 4.78 is 5.41. The van der Waals surface area contributed by atoms with Crippen molar-refractivity contribution < 1.29 is 14.3 Å². The van der Waals surface area contributed by atoms with Crippen molar-refractivity contribution in [1.82, 2.24) is 4.98 Å². The van der Waals surface area contributed by atoms with E-state index in [0.29, 0.717) is 23.9 Å². The van der Waals surface area contributed by atoms with Crippen molar-refractivity contribution in [2.75, 3.05) is 0 Å². The van der Waals surface area contributed by atoms with Crippen LogP contribution in [0.3, 0.4) is 0 Å². The molecule has 100 valence electrons. The Morgan fingerprint density at radius 3 is 2.74 bits per heavy atom. The van der Waals surface area contributed by atoms with Crippen molar-refractivity contribution >= 4 is 5.97 Å². The smallest absolute Gasteiger partial charge is 0.373 e. The van der Waals surface area contributed by atoms with E-state index in [1.807, 2.05) is 45.0 Å². The predicted molar refractivity (Wildman–Crippen MR) is 72.2 cm³/mol. The summed E-state index contributed by atoms with van der Waals surface area (Å²) >= 11 is 0. The lowest BCUT2D eigenvalue weighted by atomic mass is 10.1. The normalized spacial score (nSPS) is 10.9. The predicted octanol–water partition coefficient (Wildman–Crippen LogP) is 3.55. The van der Waals surface area contributed by atoms with Gasteiger partial charge in [-0.2, -0.15) is 0 Å². The number of oxazole rings is 1. The van der Waals surface area contributed by atoms with Crippen LogP contribution in [0.2, 0.25) is 0 Å². The zero-order valence-electron chi connectivity index (χ0n) is 11.3. The molecular formula is C15H17NO3. The van der Waals surface area contributed by atoms with Crippen LogP contribution in [0.15, 0.2) is 28.7 Å². The van der Waals surface area contributed by atoms with E-state index in [9.17, 15) is 4.79 Å². The lowest BCUT2D eigenvalue weighted by Crippen LogP contribution is -2.03. The van der Waals surface area contributed by atoms with E-state index < -0.39 is 5.97 Å². The van der Waals surface area contributed by atoms with Gasteiger partial charge < -0.3 is 9.52 Å². The third-order valence-corrected chi connectivity index (χ3v) is 2.76. The summed E-state index contributed by atoms with van der Waals surface area (Å²) in [5.41, 5.74) is 2.40. The summed E-state index contributed by atoms with van der Waals surface area (Å²) in [4.78, 5) is 15.5. The molecule has 1 N–H and O–H groups in total. The zero-order valence-corrected chi connectivity index (χ0v) is 11.3. The maximum atomic E-state index is 11.2. The summed E-state index contributed by atoms with van der Waals surface area (Å²) in [6.45, 7) is 6.01. The summed E-state index contributed by atoms with van der Waals surface area (Å²) in [7, 11) is 0. The molecule has 1 aromatic carbocycles. The molecule has 2 aromatic rings. The molecule has 1 aromatic heterocycles. The topological polar surface area (TPSA) is 63.3 Å². The highest BCUT2D eigenvalue weighted by molar-refractivity contribution is 5.86. The number of carboxylic acid groups (broad SMARTS) is 1. The van der Waals surface area contributed by atoms with E-state index in [0.717, 1.165) is 11.1 Å². The zero-order chi connectivity index (χ0) is 14.0. The number of hydrogen-bond acceptors (Lipinski definition) is 3. The first-order chi connectivity index (χ1) is 8.97. The molecule has 0 amide bonds. The molecule has 4 heteroatoms. The highest BCUT2D eigenvalue weighted by atomic mass is 16.4. The van der Waals surface area contributed by atoms with E-state index in [4.69, 9.17) is 9.52 Å². The fourth-order valence-electron chi connectivity index (χ4n) is 1.95. The molecule has 0 unspecified atom stereocenters. The van der Waals surface area contributed by atoms with Gasteiger partial charge in [0.25, 0.3) is 0 Å². The third-order valence-electron chi connectivity index (χ3n) is 2.76. The highest BCUT2D eigenvalue weighted by Gasteiger charge is 2.20. The third kappa shape index (κ3) is 3.02. The molecule has 2 rings (SSSR count). The fraction of sp³-hybridized carbons (Fsp3) is 0.333. The number of benzene rings is 1. The lowest BCUT2D eigenvalue weighted by Gasteiger charge is -2.00. The molecule has 0 radical (unpaired) electrons. The average molecular weight is 259 g/mol. The molecular weight excluding hydrogens is 242 g/mol. The van der Waals surface area contributed by atoms with Crippen LogP contribution in [0.1, 0.15) is 35.7 Å². The van der Waals surface area contributed by atoms with Gasteiger partial charge in [-0.25, -0.2) is 9.78 Å². The van der Waals surface area contributed by atoms with Crippen molar-refractivity contribution in [3.05, 3.63) is 41.3 Å². The Bertz CT molecular complexity index is 599. The van der Waals surface area contributed by atoms with Crippen LogP contribution in [0.5, 0.6) is 0 Å². The van der Waals surface area contributed by atoms with Gasteiger partial charge in [-0.05, 0) is 31.4 Å². The second-order valence-electron chi connectivity index (χ2n) is 5.07. The van der Waals surface area contributed by atoms with E-state index >= 15 is 0 Å². The number of aromatic carboxylic acids is 1. The van der Waals surface area contributed by atoms with Gasteiger partial charge in [0.15, 0.2) is 0 Å². The largest absolute Gasteiger partial charge is 0.475 e. The standard InChI is InChI=1S/C15H17NO3/c1-9(2)7-12-13(15(17)18)19-14(16-12)11-6-4-5-10(3)8-11/h4-6,8-9H,7H2,1-3H3,(H,17,18). The molecule has 0 saturated carbocycles. The molecule has 0 fully saturated rings. The second-order valence-corrected chi connectivity index (χ2v) is 5.07. The van der Waals surface area contributed by atoms with Gasteiger partial charge in [-0.1, -0.05) is 31.5 Å². The van der Waals surface area contributed by atoms with Crippen LogP contribution in [-0.2, 0) is 6.42 Å². The van der Waals surface area contributed by atoms with Crippen molar-refractivity contribution in [3.63, 3.8) is 0 Å². The number of hydrogen-bond donors (Lipinski definition) is 1. The Hall–Kier alpha value is -2.10. The van der Waals surface area contributed by atoms with Gasteiger partial charge in [-0.3, -0.25) is 0 Å². The Morgan fingerprint density at radius 2 is 2.16 bits per heavy atom. The summed E-state index contributed by atoms with van der Waals surface area (Å²) in [6, 6.07) is 7.66. The van der Waals surface area contributed by atoms with Crippen LogP contribution in [0, 0.1) is 12.8 Å². The Labute approximate surface area is 112 Å². The summed E-state index contributed by atoms with van der Waals surface area (Å²) in [5.74, 6) is -0.419. The van der Waals surface area contributed by atoms with Crippen LogP contribution >= 0.6 is 0 Å². The van der Waals surface area contributed by atoms with Crippen LogP contribution in [0.25, 0.3) is 11.5 Å². The maximum Gasteiger partial charge on any atom is 0.373 e. The van der Waals surface area contributed by atoms with Gasteiger partial charge in [0, 0.05) is 5.56 Å². The van der Waals surface area contributed by atoms with E-state index in [1.54, 1.807) is 0 Å². The molecule has 0 aliphatic carbocycles. The van der Waals surface area contributed by atoms with Gasteiger partial charge in [0.05, 0.1) is 5.69 Å². The summed E-state index contributed by atoms with van der Waals surface area (Å²) in [6.07, 6.45) is 0.594. The van der Waals surface area contributed by atoms with Gasteiger partial charge in [0.2, 0.25) is 11.7 Å². The number of carboxylic acids is 1. The van der Waals surface area contributed by atoms with E-state index in [-0.39, 0.29) is 5.76 Å². The van der Waals surface area contributed by atoms with E-state index in [2.05, 4.69) is 4.98 Å². The van der Waals surface area contributed by atoms with Gasteiger partial charge in [0.1, 0.15) is 0 Å². The van der Waals surface area contributed by atoms with Crippen LogP contribution in [-0.4, -0.2) is 16.1 Å². The van der Waals surface area contributed by atoms with Crippen molar-refractivity contribution in [2.45, 2.75) is 27.2 Å². The number of carbonyl (C=O) groups is 1. The minimum Gasteiger partial charge on any atom is -0.475 e. The van der Waals surface area contributed by atoms with E-state index in [1.165, 1.54) is 0 Å². The quantitative estimate of drug-likeness (QED) is 0.912. The monoisotopic (exact) mass is 259 g/mol. The highest BCUT2D eigenvalue weighted by Crippen LogP contribution is 2.24. The molecule has 1 heterocycles. The van der Waals surface area contributed by atoms with Crippen molar-refractivity contribution in [2.24, 2.45) is 5.92 Å². The number of aromatic nitrogens is 1. The first-order valence-corrected chi connectivity index (χ1v) is 6.27. The minimum atomic E-state index is -1.07. The Morgan fingerprint density at radius 1 is 1.42 bits per heavy atom. The molecule has 0 aliphatic heterocycles. The first kappa shape index (κ1) is 13.3.